The first-order chi connectivity index (χ1) is 13.9. The first kappa shape index (κ1) is 19.1. The normalized spacial score (nSPS) is 11.3. The van der Waals surface area contributed by atoms with E-state index in [1.165, 1.54) is 24.7 Å². The Bertz CT molecular complexity index is 1320. The Morgan fingerprint density at radius 1 is 1.24 bits per heavy atom. The number of aromatic amines is 1. The number of pyridine rings is 1. The lowest BCUT2D eigenvalue weighted by atomic mass is 10.1. The van der Waals surface area contributed by atoms with Gasteiger partial charge >= 0.3 is 6.61 Å². The molecule has 0 unspecified atom stereocenters. The summed E-state index contributed by atoms with van der Waals surface area (Å²) in [5, 5.41) is 10.1. The second-order valence-corrected chi connectivity index (χ2v) is 6.46. The number of furan rings is 1. The molecule has 0 saturated carbocycles. The molecule has 1 aromatic carbocycles. The van der Waals surface area contributed by atoms with E-state index < -0.39 is 18.1 Å². The molecule has 2 N–H and O–H groups in total. The van der Waals surface area contributed by atoms with Gasteiger partial charge in [-0.2, -0.15) is 19.0 Å². The topological polar surface area (TPSA) is 110 Å². The molecule has 4 rings (SSSR count). The van der Waals surface area contributed by atoms with E-state index in [0.717, 1.165) is 6.07 Å². The van der Waals surface area contributed by atoms with Gasteiger partial charge in [0.05, 0.1) is 34.1 Å². The van der Waals surface area contributed by atoms with Crippen LogP contribution in [0, 0.1) is 0 Å². The van der Waals surface area contributed by atoms with Gasteiger partial charge in [0.2, 0.25) is 0 Å². The van der Waals surface area contributed by atoms with Crippen LogP contribution in [0.15, 0.2) is 39.9 Å². The molecule has 8 nitrogen and oxygen atoms in total. The van der Waals surface area contributed by atoms with Crippen LogP contribution in [0.4, 0.5) is 14.5 Å². The Labute approximate surface area is 169 Å². The fraction of sp³-hybridized carbons (Fsp3) is 0.0588. The van der Waals surface area contributed by atoms with Crippen LogP contribution in [-0.2, 0) is 0 Å². The summed E-state index contributed by atoms with van der Waals surface area (Å²) >= 11 is 11.9. The van der Waals surface area contributed by atoms with Crippen molar-refractivity contribution in [2.24, 2.45) is 0 Å². The number of amides is 1. The molecule has 3 heterocycles. The fourth-order valence-corrected chi connectivity index (χ4v) is 3.23. The third-order valence-corrected chi connectivity index (χ3v) is 4.64. The molecule has 1 amide bonds. The monoisotopic (exact) mass is 440 g/mol. The van der Waals surface area contributed by atoms with Crippen molar-refractivity contribution < 1.29 is 22.7 Å². The third kappa shape index (κ3) is 3.36. The second kappa shape index (κ2) is 7.30. The predicted octanol–water partition coefficient (Wildman–Crippen LogP) is 4.22. The van der Waals surface area contributed by atoms with Gasteiger partial charge in [-0.25, -0.2) is 0 Å². The number of anilines is 1. The molecule has 0 atom stereocenters. The van der Waals surface area contributed by atoms with Gasteiger partial charge in [-0.15, -0.1) is 0 Å². The van der Waals surface area contributed by atoms with Crippen LogP contribution in [0.2, 0.25) is 10.0 Å². The van der Waals surface area contributed by atoms with E-state index in [0.29, 0.717) is 5.39 Å². The van der Waals surface area contributed by atoms with Crippen molar-refractivity contribution in [1.29, 1.82) is 0 Å². The zero-order valence-electron chi connectivity index (χ0n) is 14.0. The van der Waals surface area contributed by atoms with Crippen molar-refractivity contribution >= 4 is 56.7 Å². The van der Waals surface area contributed by atoms with E-state index in [4.69, 9.17) is 27.6 Å². The van der Waals surface area contributed by atoms with Crippen LogP contribution >= 0.6 is 23.2 Å². The third-order valence-electron chi connectivity index (χ3n) is 3.98. The highest BCUT2D eigenvalue weighted by Gasteiger charge is 2.23. The quantitative estimate of drug-likeness (QED) is 0.491. The van der Waals surface area contributed by atoms with Crippen LogP contribution in [-0.4, -0.2) is 27.7 Å². The number of carbonyl (C=O) groups excluding carboxylic acids is 1. The standard InChI is InChI=1S/C17H8Cl2F2N4O4/c18-8-4-22-16(27)12(19)13(8)25-15(26)6-1-2-9(29-17(20)21)14-11(6)7-3-23-24-5-10(7)28-14/h1-5,17H,(H2,22,25,26,27). The highest BCUT2D eigenvalue weighted by molar-refractivity contribution is 6.40. The van der Waals surface area contributed by atoms with E-state index in [-0.39, 0.29) is 43.6 Å². The molecule has 0 spiro atoms. The van der Waals surface area contributed by atoms with Crippen molar-refractivity contribution in [3.05, 3.63) is 56.7 Å². The smallest absolute Gasteiger partial charge is 0.387 e. The number of ether oxygens (including phenoxy) is 1. The van der Waals surface area contributed by atoms with E-state index in [1.807, 2.05) is 0 Å². The number of alkyl halides is 2. The summed E-state index contributed by atoms with van der Waals surface area (Å²) in [5.41, 5.74) is -0.606. The summed E-state index contributed by atoms with van der Waals surface area (Å²) in [6.45, 7) is -3.10. The van der Waals surface area contributed by atoms with Gasteiger partial charge in [0.15, 0.2) is 16.9 Å². The maximum Gasteiger partial charge on any atom is 0.387 e. The molecular weight excluding hydrogens is 433 g/mol. The molecule has 148 valence electrons. The highest BCUT2D eigenvalue weighted by atomic mass is 35.5. The lowest BCUT2D eigenvalue weighted by Crippen LogP contribution is -2.17. The van der Waals surface area contributed by atoms with Gasteiger partial charge in [-0.05, 0) is 12.1 Å². The van der Waals surface area contributed by atoms with Crippen LogP contribution in [0.1, 0.15) is 10.4 Å². The summed E-state index contributed by atoms with van der Waals surface area (Å²) in [6.07, 6.45) is 3.76. The number of rotatable bonds is 4. The minimum atomic E-state index is -3.10. The van der Waals surface area contributed by atoms with Crippen molar-refractivity contribution in [2.75, 3.05) is 5.32 Å². The van der Waals surface area contributed by atoms with Gasteiger partial charge in [-0.1, -0.05) is 23.2 Å². The molecule has 0 aliphatic carbocycles. The Morgan fingerprint density at radius 2 is 2.00 bits per heavy atom. The van der Waals surface area contributed by atoms with Crippen LogP contribution < -0.4 is 15.6 Å². The Balaban J connectivity index is 1.89. The van der Waals surface area contributed by atoms with Crippen LogP contribution in [0.5, 0.6) is 5.75 Å². The number of nitrogens with one attached hydrogen (secondary N) is 2. The maximum atomic E-state index is 12.9. The Morgan fingerprint density at radius 3 is 2.76 bits per heavy atom. The average molecular weight is 441 g/mol. The summed E-state index contributed by atoms with van der Waals surface area (Å²) in [7, 11) is 0. The predicted molar refractivity (Wildman–Crippen MR) is 101 cm³/mol. The van der Waals surface area contributed by atoms with E-state index in [9.17, 15) is 18.4 Å². The van der Waals surface area contributed by atoms with E-state index in [1.54, 1.807) is 0 Å². The molecule has 4 aromatic rings. The molecular formula is C17H8Cl2F2N4O4. The highest BCUT2D eigenvalue weighted by Crippen LogP contribution is 2.38. The second-order valence-electron chi connectivity index (χ2n) is 5.67. The summed E-state index contributed by atoms with van der Waals surface area (Å²) in [6, 6.07) is 2.42. The van der Waals surface area contributed by atoms with Gasteiger partial charge in [0.1, 0.15) is 5.02 Å². The number of halogens is 4. The molecule has 0 aliphatic heterocycles. The minimum Gasteiger partial charge on any atom is -0.450 e. The lowest BCUT2D eigenvalue weighted by molar-refractivity contribution is -0.0493. The molecule has 0 aliphatic rings. The Kier molecular flexibility index (Phi) is 4.81. The summed E-state index contributed by atoms with van der Waals surface area (Å²) < 4.78 is 35.5. The van der Waals surface area contributed by atoms with Gasteiger partial charge < -0.3 is 19.5 Å². The zero-order chi connectivity index (χ0) is 20.7. The number of carbonyl (C=O) groups is 1. The number of aromatic nitrogens is 3. The zero-order valence-corrected chi connectivity index (χ0v) is 15.5. The fourth-order valence-electron chi connectivity index (χ4n) is 2.78. The van der Waals surface area contributed by atoms with Gasteiger partial charge in [0.25, 0.3) is 11.5 Å². The van der Waals surface area contributed by atoms with E-state index >= 15 is 0 Å². The molecule has 0 bridgehead atoms. The van der Waals surface area contributed by atoms with E-state index in [2.05, 4.69) is 25.2 Å². The molecule has 12 heteroatoms. The maximum absolute atomic E-state index is 12.9. The lowest BCUT2D eigenvalue weighted by Gasteiger charge is -2.11. The average Bonchev–Trinajstić information content (AvgIpc) is 3.08. The van der Waals surface area contributed by atoms with Crippen LogP contribution in [0.25, 0.3) is 21.9 Å². The van der Waals surface area contributed by atoms with Gasteiger partial charge in [0, 0.05) is 11.6 Å². The Hall–Kier alpha value is -3.24. The first-order valence-corrected chi connectivity index (χ1v) is 8.61. The number of hydrogen-bond donors (Lipinski definition) is 2. The van der Waals surface area contributed by atoms with Crippen molar-refractivity contribution in [3.63, 3.8) is 0 Å². The van der Waals surface area contributed by atoms with Crippen molar-refractivity contribution in [3.8, 4) is 5.75 Å². The summed E-state index contributed by atoms with van der Waals surface area (Å²) in [5.74, 6) is -0.984. The minimum absolute atomic E-state index is 0.000217. The number of nitrogens with zero attached hydrogens (tertiary/aromatic N) is 2. The SMILES string of the molecule is O=C(Nc1c(Cl)c[nH]c(=O)c1Cl)c1ccc(OC(F)F)c2oc3cnncc3c12. The number of hydrogen-bond acceptors (Lipinski definition) is 6. The van der Waals surface area contributed by atoms with Crippen LogP contribution in [0.3, 0.4) is 0 Å². The molecule has 3 aromatic heterocycles. The molecule has 29 heavy (non-hydrogen) atoms. The molecule has 0 radical (unpaired) electrons. The number of benzene rings is 1. The summed E-state index contributed by atoms with van der Waals surface area (Å²) in [4.78, 5) is 26.9. The first-order valence-electron chi connectivity index (χ1n) is 7.85. The van der Waals surface area contributed by atoms with Crippen molar-refractivity contribution in [2.45, 2.75) is 6.61 Å². The van der Waals surface area contributed by atoms with Gasteiger partial charge in [-0.3, -0.25) is 9.59 Å². The molecule has 0 fully saturated rings. The number of fused-ring (bicyclic) bond motifs is 3. The number of H-pyrrole nitrogens is 1. The largest absolute Gasteiger partial charge is 0.450 e. The molecule has 0 saturated heterocycles. The van der Waals surface area contributed by atoms with Crippen molar-refractivity contribution in [1.82, 2.24) is 15.2 Å².